The van der Waals surface area contributed by atoms with E-state index in [9.17, 15) is 14.4 Å². The van der Waals surface area contributed by atoms with Crippen molar-refractivity contribution in [1.82, 2.24) is 15.2 Å². The quantitative estimate of drug-likeness (QED) is 0.579. The van der Waals surface area contributed by atoms with Gasteiger partial charge >= 0.3 is 0 Å². The van der Waals surface area contributed by atoms with Crippen LogP contribution in [-0.2, 0) is 11.3 Å². The van der Waals surface area contributed by atoms with E-state index in [1.54, 1.807) is 18.5 Å². The molecule has 3 heterocycles. The molecule has 1 atom stereocenters. The first-order chi connectivity index (χ1) is 18.5. The average molecular weight is 513 g/mol. The fourth-order valence-electron chi connectivity index (χ4n) is 8.73. The van der Waals surface area contributed by atoms with Crippen molar-refractivity contribution in [3.8, 4) is 0 Å². The molecule has 2 aromatic rings. The second-order valence-electron chi connectivity index (χ2n) is 12.7. The number of carbonyl (C=O) groups excluding carboxylic acids is 3. The van der Waals surface area contributed by atoms with E-state index in [2.05, 4.69) is 15.2 Å². The normalized spacial score (nSPS) is 31.6. The van der Waals surface area contributed by atoms with Crippen molar-refractivity contribution in [3.63, 3.8) is 0 Å². The monoisotopic (exact) mass is 512 g/mol. The molecular formula is C31H36N4O3. The number of hydrogen-bond donors (Lipinski definition) is 1. The van der Waals surface area contributed by atoms with Gasteiger partial charge in [0.2, 0.25) is 5.91 Å². The highest BCUT2D eigenvalue weighted by atomic mass is 16.2. The molecule has 3 amide bonds. The molecule has 1 N–H and O–H groups in total. The van der Waals surface area contributed by atoms with Gasteiger partial charge < -0.3 is 10.2 Å². The number of nitrogens with one attached hydrogen (secondary N) is 1. The van der Waals surface area contributed by atoms with Crippen LogP contribution < -0.4 is 10.2 Å². The minimum atomic E-state index is -0.259. The molecule has 5 fully saturated rings. The van der Waals surface area contributed by atoms with Crippen molar-refractivity contribution < 1.29 is 14.4 Å². The van der Waals surface area contributed by atoms with Gasteiger partial charge in [-0.1, -0.05) is 6.07 Å². The first kappa shape index (κ1) is 23.9. The molecule has 2 aliphatic heterocycles. The first-order valence-corrected chi connectivity index (χ1v) is 14.4. The van der Waals surface area contributed by atoms with Crippen LogP contribution in [0.25, 0.3) is 0 Å². The molecule has 0 spiro atoms. The molecular weight excluding hydrogens is 476 g/mol. The standard InChI is InChI=1S/C31H36N4O3/c36-28(33-19-31-14-21-11-22(15-31)13-23(12-21)16-31)24-3-2-10-34(18-24)26-5-1-4-25-27(26)30(38)35(29(25)37)17-20-6-8-32-9-7-20/h1,4-9,21-24H,2-3,10-19H2,(H,33,36). The number of rotatable bonds is 6. The number of imide groups is 1. The van der Waals surface area contributed by atoms with E-state index in [-0.39, 0.29) is 30.2 Å². The summed E-state index contributed by atoms with van der Waals surface area (Å²) in [4.78, 5) is 47.6. The lowest BCUT2D eigenvalue weighted by molar-refractivity contribution is -0.127. The van der Waals surface area contributed by atoms with Crippen molar-refractivity contribution in [2.24, 2.45) is 29.1 Å². The molecule has 6 aliphatic rings. The highest BCUT2D eigenvalue weighted by Gasteiger charge is 2.51. The van der Waals surface area contributed by atoms with Gasteiger partial charge in [0.15, 0.2) is 0 Å². The fourth-order valence-corrected chi connectivity index (χ4v) is 8.73. The summed E-state index contributed by atoms with van der Waals surface area (Å²) < 4.78 is 0. The van der Waals surface area contributed by atoms with Gasteiger partial charge in [0.05, 0.1) is 29.3 Å². The van der Waals surface area contributed by atoms with Gasteiger partial charge in [-0.2, -0.15) is 0 Å². The Hall–Kier alpha value is -3.22. The van der Waals surface area contributed by atoms with E-state index >= 15 is 0 Å². The third-order valence-electron chi connectivity index (χ3n) is 10.0. The Labute approximate surface area is 224 Å². The molecule has 7 nitrogen and oxygen atoms in total. The van der Waals surface area contributed by atoms with E-state index < -0.39 is 0 Å². The summed E-state index contributed by atoms with van der Waals surface area (Å²) in [5.74, 6) is 2.16. The van der Waals surface area contributed by atoms with Crippen molar-refractivity contribution in [3.05, 3.63) is 59.4 Å². The van der Waals surface area contributed by atoms with Crippen LogP contribution in [0, 0.1) is 29.1 Å². The summed E-state index contributed by atoms with van der Waals surface area (Å²) in [6.07, 6.45) is 13.2. The second kappa shape index (κ2) is 9.21. The number of anilines is 1. The van der Waals surface area contributed by atoms with Crippen LogP contribution in [0.2, 0.25) is 0 Å². The predicted octanol–water partition coefficient (Wildman–Crippen LogP) is 4.43. The van der Waals surface area contributed by atoms with Gasteiger partial charge in [-0.15, -0.1) is 0 Å². The maximum atomic E-state index is 13.5. The van der Waals surface area contributed by atoms with Crippen molar-refractivity contribution in [2.75, 3.05) is 24.5 Å². The number of fused-ring (bicyclic) bond motifs is 1. The summed E-state index contributed by atoms with van der Waals surface area (Å²) in [6, 6.07) is 9.16. The van der Waals surface area contributed by atoms with E-state index in [0.29, 0.717) is 23.1 Å². The maximum absolute atomic E-state index is 13.5. The van der Waals surface area contributed by atoms with Crippen LogP contribution in [0.4, 0.5) is 5.69 Å². The number of aromatic nitrogens is 1. The Morgan fingerprint density at radius 1 is 0.974 bits per heavy atom. The molecule has 8 rings (SSSR count). The van der Waals surface area contributed by atoms with Crippen molar-refractivity contribution in [2.45, 2.75) is 57.9 Å². The molecule has 4 aliphatic carbocycles. The van der Waals surface area contributed by atoms with Crippen LogP contribution >= 0.6 is 0 Å². The summed E-state index contributed by atoms with van der Waals surface area (Å²) in [5, 5.41) is 3.38. The van der Waals surface area contributed by atoms with Crippen LogP contribution in [-0.4, -0.2) is 47.2 Å². The molecule has 38 heavy (non-hydrogen) atoms. The molecule has 4 bridgehead atoms. The third kappa shape index (κ3) is 4.11. The number of piperidine rings is 1. The number of hydrogen-bond acceptors (Lipinski definition) is 5. The van der Waals surface area contributed by atoms with Crippen LogP contribution in [0.1, 0.15) is 77.6 Å². The molecule has 4 saturated carbocycles. The Morgan fingerprint density at radius 3 is 2.39 bits per heavy atom. The molecule has 7 heteroatoms. The van der Waals surface area contributed by atoms with E-state index in [1.807, 2.05) is 24.3 Å². The lowest BCUT2D eigenvalue weighted by Gasteiger charge is -2.57. The highest BCUT2D eigenvalue weighted by molar-refractivity contribution is 6.23. The van der Waals surface area contributed by atoms with Gasteiger partial charge in [-0.3, -0.25) is 24.3 Å². The van der Waals surface area contributed by atoms with Gasteiger partial charge in [0.25, 0.3) is 11.8 Å². The number of benzene rings is 1. The second-order valence-corrected chi connectivity index (χ2v) is 12.7. The van der Waals surface area contributed by atoms with Crippen LogP contribution in [0.15, 0.2) is 42.7 Å². The molecule has 1 saturated heterocycles. The third-order valence-corrected chi connectivity index (χ3v) is 10.0. The smallest absolute Gasteiger partial charge is 0.263 e. The van der Waals surface area contributed by atoms with E-state index in [0.717, 1.165) is 54.9 Å². The number of pyridine rings is 1. The highest BCUT2D eigenvalue weighted by Crippen LogP contribution is 2.59. The fraction of sp³-hybridized carbons (Fsp3) is 0.548. The minimum absolute atomic E-state index is 0.103. The Kier molecular flexibility index (Phi) is 5.78. The molecule has 0 radical (unpaired) electrons. The zero-order chi connectivity index (χ0) is 25.9. The first-order valence-electron chi connectivity index (χ1n) is 14.4. The number of carbonyl (C=O) groups is 3. The van der Waals surface area contributed by atoms with Crippen molar-refractivity contribution in [1.29, 1.82) is 0 Å². The summed E-state index contributed by atoms with van der Waals surface area (Å²) in [5.41, 5.74) is 2.89. The molecule has 1 aromatic carbocycles. The Morgan fingerprint density at radius 2 is 1.68 bits per heavy atom. The topological polar surface area (TPSA) is 82.6 Å². The van der Waals surface area contributed by atoms with Gasteiger partial charge in [-0.05, 0) is 104 Å². The molecule has 1 unspecified atom stereocenters. The maximum Gasteiger partial charge on any atom is 0.263 e. The van der Waals surface area contributed by atoms with Crippen molar-refractivity contribution >= 4 is 23.4 Å². The van der Waals surface area contributed by atoms with E-state index in [4.69, 9.17) is 0 Å². The minimum Gasteiger partial charge on any atom is -0.370 e. The van der Waals surface area contributed by atoms with Crippen LogP contribution in [0.3, 0.4) is 0 Å². The van der Waals surface area contributed by atoms with Gasteiger partial charge in [0, 0.05) is 32.0 Å². The van der Waals surface area contributed by atoms with Gasteiger partial charge in [0.1, 0.15) is 0 Å². The lowest BCUT2D eigenvalue weighted by Crippen LogP contribution is -2.52. The molecule has 1 aromatic heterocycles. The Balaban J connectivity index is 1.05. The zero-order valence-electron chi connectivity index (χ0n) is 21.9. The van der Waals surface area contributed by atoms with Gasteiger partial charge in [-0.25, -0.2) is 0 Å². The molecule has 198 valence electrons. The summed E-state index contributed by atoms with van der Waals surface area (Å²) in [6.45, 7) is 2.41. The largest absolute Gasteiger partial charge is 0.370 e. The zero-order valence-corrected chi connectivity index (χ0v) is 21.9. The average Bonchev–Trinajstić information content (AvgIpc) is 3.16. The summed E-state index contributed by atoms with van der Waals surface area (Å²) in [7, 11) is 0. The Bertz CT molecular complexity index is 1240. The predicted molar refractivity (Wildman–Crippen MR) is 143 cm³/mol. The number of amides is 3. The SMILES string of the molecule is O=C(NCC12CC3CC(CC(C3)C1)C2)C1CCCN(c2cccc3c2C(=O)N(Cc2ccncc2)C3=O)C1. The number of nitrogens with zero attached hydrogens (tertiary/aromatic N) is 3. The summed E-state index contributed by atoms with van der Waals surface area (Å²) >= 11 is 0. The lowest BCUT2D eigenvalue weighted by atomic mass is 9.49. The van der Waals surface area contributed by atoms with Crippen LogP contribution in [0.5, 0.6) is 0 Å². The van der Waals surface area contributed by atoms with E-state index in [1.165, 1.54) is 43.4 Å².